The van der Waals surface area contributed by atoms with Crippen LogP contribution >= 0.6 is 0 Å². The number of hydrogen-bond acceptors (Lipinski definition) is 3. The van der Waals surface area contributed by atoms with Crippen LogP contribution in [0.4, 0.5) is 0 Å². The largest absolute Gasteiger partial charge is 0.317 e. The van der Waals surface area contributed by atoms with Crippen LogP contribution in [0.25, 0.3) is 0 Å². The maximum atomic E-state index is 11.3. The smallest absolute Gasteiger partial charge is 0.211 e. The molecule has 1 aliphatic heterocycles. The van der Waals surface area contributed by atoms with Crippen molar-refractivity contribution < 1.29 is 8.42 Å². The first kappa shape index (κ1) is 12.9. The van der Waals surface area contributed by atoms with Gasteiger partial charge in [0.1, 0.15) is 0 Å². The van der Waals surface area contributed by atoms with Crippen LogP contribution in [-0.4, -0.2) is 45.2 Å². The van der Waals surface area contributed by atoms with Gasteiger partial charge in [0, 0.05) is 13.1 Å². The lowest BCUT2D eigenvalue weighted by molar-refractivity contribution is 0.0571. The summed E-state index contributed by atoms with van der Waals surface area (Å²) in [5.41, 5.74) is 0.227. The lowest BCUT2D eigenvalue weighted by Crippen LogP contribution is -2.58. The van der Waals surface area contributed by atoms with Crippen LogP contribution < -0.4 is 5.32 Å². The van der Waals surface area contributed by atoms with Gasteiger partial charge in [0.15, 0.2) is 0 Å². The molecule has 1 saturated heterocycles. The molecule has 0 atom stereocenters. The van der Waals surface area contributed by atoms with E-state index in [1.807, 2.05) is 0 Å². The van der Waals surface area contributed by atoms with Gasteiger partial charge in [-0.05, 0) is 31.3 Å². The van der Waals surface area contributed by atoms with E-state index in [1.54, 1.807) is 4.31 Å². The summed E-state index contributed by atoms with van der Waals surface area (Å²) in [6.45, 7) is 7.60. The van der Waals surface area contributed by atoms with Crippen molar-refractivity contribution in [1.82, 2.24) is 9.62 Å². The lowest BCUT2D eigenvalue weighted by atomic mass is 9.76. The zero-order valence-electron chi connectivity index (χ0n) is 9.91. The molecule has 0 bridgehead atoms. The zero-order valence-corrected chi connectivity index (χ0v) is 10.7. The molecule has 0 aliphatic carbocycles. The highest BCUT2D eigenvalue weighted by Gasteiger charge is 2.44. The molecule has 0 saturated carbocycles. The van der Waals surface area contributed by atoms with E-state index in [1.165, 1.54) is 6.26 Å². The maximum absolute atomic E-state index is 11.3. The Morgan fingerprint density at radius 3 is 2.33 bits per heavy atom. The SMILES string of the molecule is CCNCCC1(CC)CN(S(C)(=O)=O)C1. The summed E-state index contributed by atoms with van der Waals surface area (Å²) in [7, 11) is -2.96. The quantitative estimate of drug-likeness (QED) is 0.687. The fourth-order valence-corrected chi connectivity index (χ4v) is 3.04. The predicted molar refractivity (Wildman–Crippen MR) is 62.3 cm³/mol. The number of nitrogens with zero attached hydrogens (tertiary/aromatic N) is 1. The van der Waals surface area contributed by atoms with Crippen LogP contribution in [0.5, 0.6) is 0 Å². The summed E-state index contributed by atoms with van der Waals surface area (Å²) in [4.78, 5) is 0. The lowest BCUT2D eigenvalue weighted by Gasteiger charge is -2.48. The van der Waals surface area contributed by atoms with Crippen LogP contribution in [0, 0.1) is 5.41 Å². The van der Waals surface area contributed by atoms with Crippen molar-refractivity contribution in [2.45, 2.75) is 26.7 Å². The molecule has 0 radical (unpaired) electrons. The number of nitrogens with one attached hydrogen (secondary N) is 1. The molecule has 1 heterocycles. The third-order valence-corrected chi connectivity index (χ3v) is 4.52. The van der Waals surface area contributed by atoms with Crippen molar-refractivity contribution in [3.05, 3.63) is 0 Å². The fraction of sp³-hybridized carbons (Fsp3) is 1.00. The second kappa shape index (κ2) is 4.80. The van der Waals surface area contributed by atoms with Crippen LogP contribution in [0.3, 0.4) is 0 Å². The molecule has 15 heavy (non-hydrogen) atoms. The first-order valence-electron chi connectivity index (χ1n) is 5.59. The van der Waals surface area contributed by atoms with E-state index in [0.29, 0.717) is 13.1 Å². The van der Waals surface area contributed by atoms with Gasteiger partial charge >= 0.3 is 0 Å². The number of hydrogen-bond donors (Lipinski definition) is 1. The van der Waals surface area contributed by atoms with Gasteiger partial charge in [-0.3, -0.25) is 0 Å². The average Bonchev–Trinajstić information content (AvgIpc) is 2.07. The molecule has 0 aromatic carbocycles. The van der Waals surface area contributed by atoms with Gasteiger partial charge in [0.2, 0.25) is 10.0 Å². The molecule has 5 heteroatoms. The van der Waals surface area contributed by atoms with Gasteiger partial charge in [-0.15, -0.1) is 0 Å². The van der Waals surface area contributed by atoms with Crippen molar-refractivity contribution in [2.24, 2.45) is 5.41 Å². The van der Waals surface area contributed by atoms with E-state index < -0.39 is 10.0 Å². The number of rotatable bonds is 6. The Kier molecular flexibility index (Phi) is 4.14. The summed E-state index contributed by atoms with van der Waals surface area (Å²) in [6, 6.07) is 0. The molecule has 0 spiro atoms. The van der Waals surface area contributed by atoms with E-state index >= 15 is 0 Å². The molecule has 90 valence electrons. The van der Waals surface area contributed by atoms with E-state index in [2.05, 4.69) is 19.2 Å². The molecule has 1 aliphatic rings. The Labute approximate surface area is 93.1 Å². The number of sulfonamides is 1. The van der Waals surface area contributed by atoms with Crippen LogP contribution in [0.2, 0.25) is 0 Å². The third-order valence-electron chi connectivity index (χ3n) is 3.32. The standard InChI is InChI=1S/C10H22N2O2S/c1-4-10(6-7-11-5-2)8-12(9-10)15(3,13)14/h11H,4-9H2,1-3H3. The molecule has 0 aromatic heterocycles. The van der Waals surface area contributed by atoms with Gasteiger partial charge in [-0.2, -0.15) is 0 Å². The molecule has 1 fully saturated rings. The first-order chi connectivity index (χ1) is 6.93. The Morgan fingerprint density at radius 2 is 1.93 bits per heavy atom. The average molecular weight is 234 g/mol. The van der Waals surface area contributed by atoms with Gasteiger partial charge in [-0.25, -0.2) is 12.7 Å². The highest BCUT2D eigenvalue weighted by Crippen LogP contribution is 2.38. The van der Waals surface area contributed by atoms with E-state index in [0.717, 1.165) is 25.9 Å². The fourth-order valence-electron chi connectivity index (χ4n) is 2.03. The highest BCUT2D eigenvalue weighted by molar-refractivity contribution is 7.88. The van der Waals surface area contributed by atoms with Crippen LogP contribution in [-0.2, 0) is 10.0 Å². The monoisotopic (exact) mass is 234 g/mol. The van der Waals surface area contributed by atoms with Gasteiger partial charge < -0.3 is 5.32 Å². The molecular formula is C10H22N2O2S. The normalized spacial score (nSPS) is 21.3. The van der Waals surface area contributed by atoms with Crippen molar-refractivity contribution in [3.8, 4) is 0 Å². The molecule has 4 nitrogen and oxygen atoms in total. The molecule has 0 unspecified atom stereocenters. The third kappa shape index (κ3) is 3.16. The topological polar surface area (TPSA) is 49.4 Å². The van der Waals surface area contributed by atoms with Crippen LogP contribution in [0.1, 0.15) is 26.7 Å². The van der Waals surface area contributed by atoms with E-state index in [-0.39, 0.29) is 5.41 Å². The summed E-state index contributed by atoms with van der Waals surface area (Å²) < 4.78 is 24.1. The van der Waals surface area contributed by atoms with Gasteiger partial charge in [0.25, 0.3) is 0 Å². The summed E-state index contributed by atoms with van der Waals surface area (Å²) in [5.74, 6) is 0. The Balaban J connectivity index is 2.41. The summed E-state index contributed by atoms with van der Waals surface area (Å²) in [5, 5.41) is 3.29. The van der Waals surface area contributed by atoms with Gasteiger partial charge in [-0.1, -0.05) is 13.8 Å². The minimum atomic E-state index is -2.96. The Hall–Kier alpha value is -0.130. The van der Waals surface area contributed by atoms with Crippen LogP contribution in [0.15, 0.2) is 0 Å². The second-order valence-corrected chi connectivity index (χ2v) is 6.47. The van der Waals surface area contributed by atoms with Crippen molar-refractivity contribution in [3.63, 3.8) is 0 Å². The maximum Gasteiger partial charge on any atom is 0.211 e. The minimum Gasteiger partial charge on any atom is -0.317 e. The first-order valence-corrected chi connectivity index (χ1v) is 7.44. The molecule has 1 N–H and O–H groups in total. The Bertz CT molecular complexity index is 295. The molecule has 0 amide bonds. The zero-order chi connectivity index (χ0) is 11.5. The summed E-state index contributed by atoms with van der Waals surface area (Å²) >= 11 is 0. The van der Waals surface area contributed by atoms with Crippen molar-refractivity contribution in [2.75, 3.05) is 32.4 Å². The second-order valence-electron chi connectivity index (χ2n) is 4.49. The minimum absolute atomic E-state index is 0.227. The molecule has 1 rings (SSSR count). The summed E-state index contributed by atoms with van der Waals surface area (Å²) in [6.07, 6.45) is 3.42. The van der Waals surface area contributed by atoms with Crippen molar-refractivity contribution >= 4 is 10.0 Å². The van der Waals surface area contributed by atoms with Gasteiger partial charge in [0.05, 0.1) is 6.26 Å². The van der Waals surface area contributed by atoms with Crippen molar-refractivity contribution in [1.29, 1.82) is 0 Å². The predicted octanol–water partition coefficient (Wildman–Crippen LogP) is 0.658. The van der Waals surface area contributed by atoms with E-state index in [4.69, 9.17) is 0 Å². The van der Waals surface area contributed by atoms with E-state index in [9.17, 15) is 8.42 Å². The highest BCUT2D eigenvalue weighted by atomic mass is 32.2. The Morgan fingerprint density at radius 1 is 1.33 bits per heavy atom. The molecule has 0 aromatic rings. The molecular weight excluding hydrogens is 212 g/mol.